The van der Waals surface area contributed by atoms with Crippen molar-refractivity contribution in [1.29, 1.82) is 0 Å². The number of nitrogens with two attached hydrogens (primary N) is 1. The molecule has 0 fully saturated rings. The van der Waals surface area contributed by atoms with E-state index >= 15 is 0 Å². The molecule has 3 heterocycles. The number of aryl methyl sites for hydroxylation is 1. The predicted molar refractivity (Wildman–Crippen MR) is 109 cm³/mol. The predicted octanol–water partition coefficient (Wildman–Crippen LogP) is 4.67. The maximum atomic E-state index is 13.4. The van der Waals surface area contributed by atoms with Gasteiger partial charge in [0.05, 0.1) is 17.2 Å². The van der Waals surface area contributed by atoms with E-state index in [2.05, 4.69) is 21.0 Å². The Bertz CT molecular complexity index is 1320. The third-order valence-corrected chi connectivity index (χ3v) is 4.85. The number of halogens is 1. The molecule has 3 aromatic heterocycles. The fourth-order valence-electron chi connectivity index (χ4n) is 3.53. The summed E-state index contributed by atoms with van der Waals surface area (Å²) in [6.07, 6.45) is 3.53. The lowest BCUT2D eigenvalue weighted by molar-refractivity contribution is 0.627. The van der Waals surface area contributed by atoms with Gasteiger partial charge in [-0.1, -0.05) is 6.07 Å². The highest BCUT2D eigenvalue weighted by atomic mass is 19.1. The van der Waals surface area contributed by atoms with Gasteiger partial charge in [-0.2, -0.15) is 0 Å². The Morgan fingerprint density at radius 1 is 0.857 bits per heavy atom. The number of nitrogens with zero attached hydrogens (tertiary/aromatic N) is 4. The maximum absolute atomic E-state index is 13.4. The molecule has 0 radical (unpaired) electrons. The second kappa shape index (κ2) is 6.13. The van der Waals surface area contributed by atoms with Gasteiger partial charge in [0.1, 0.15) is 23.0 Å². The van der Waals surface area contributed by atoms with Gasteiger partial charge in [0.2, 0.25) is 0 Å². The topological polar surface area (TPSA) is 69.6 Å². The van der Waals surface area contributed by atoms with Gasteiger partial charge in [-0.3, -0.25) is 9.55 Å². The highest BCUT2D eigenvalue weighted by Crippen LogP contribution is 2.31. The molecule has 6 heteroatoms. The number of fused-ring (bicyclic) bond motifs is 3. The lowest BCUT2D eigenvalue weighted by atomic mass is 10.0. The molecule has 0 spiro atoms. The van der Waals surface area contributed by atoms with E-state index in [1.54, 1.807) is 30.6 Å². The molecular formula is C22H16FN5. The normalized spacial score (nSPS) is 11.4. The maximum Gasteiger partial charge on any atom is 0.123 e. The van der Waals surface area contributed by atoms with E-state index in [4.69, 9.17) is 5.73 Å². The highest BCUT2D eigenvalue weighted by molar-refractivity contribution is 6.04. The first-order valence-corrected chi connectivity index (χ1v) is 8.86. The minimum Gasteiger partial charge on any atom is -0.384 e. The quantitative estimate of drug-likeness (QED) is 0.491. The smallest absolute Gasteiger partial charge is 0.123 e. The summed E-state index contributed by atoms with van der Waals surface area (Å²) in [4.78, 5) is 13.4. The van der Waals surface area contributed by atoms with Crippen molar-refractivity contribution in [3.05, 3.63) is 78.6 Å². The lowest BCUT2D eigenvalue weighted by Crippen LogP contribution is -1.98. The lowest BCUT2D eigenvalue weighted by Gasteiger charge is -2.10. The third-order valence-electron chi connectivity index (χ3n) is 4.85. The van der Waals surface area contributed by atoms with E-state index in [0.29, 0.717) is 5.82 Å². The molecule has 5 nitrogen and oxygen atoms in total. The van der Waals surface area contributed by atoms with E-state index in [-0.39, 0.29) is 5.82 Å². The Morgan fingerprint density at radius 2 is 1.64 bits per heavy atom. The Hall–Kier alpha value is -3.80. The molecule has 5 rings (SSSR count). The fraction of sp³-hybridized carbons (Fsp3) is 0.0455. The van der Waals surface area contributed by atoms with Crippen LogP contribution < -0.4 is 5.73 Å². The summed E-state index contributed by atoms with van der Waals surface area (Å²) >= 11 is 0. The summed E-state index contributed by atoms with van der Waals surface area (Å²) < 4.78 is 15.4. The second-order valence-electron chi connectivity index (χ2n) is 6.67. The molecule has 0 aliphatic carbocycles. The van der Waals surface area contributed by atoms with Crippen LogP contribution in [0.15, 0.2) is 67.0 Å². The van der Waals surface area contributed by atoms with Gasteiger partial charge in [0, 0.05) is 22.8 Å². The minimum absolute atomic E-state index is 0.268. The van der Waals surface area contributed by atoms with Crippen LogP contribution in [-0.4, -0.2) is 19.5 Å². The summed E-state index contributed by atoms with van der Waals surface area (Å²) in [5.41, 5.74) is 11.1. The number of nitrogen functional groups attached to an aromatic ring is 1. The third kappa shape index (κ3) is 2.58. The van der Waals surface area contributed by atoms with E-state index in [1.807, 2.05) is 29.7 Å². The first-order chi connectivity index (χ1) is 13.6. The molecule has 136 valence electrons. The van der Waals surface area contributed by atoms with E-state index in [0.717, 1.165) is 44.6 Å². The molecule has 0 amide bonds. The first-order valence-electron chi connectivity index (χ1n) is 8.86. The van der Waals surface area contributed by atoms with Crippen LogP contribution in [0, 0.1) is 12.7 Å². The first kappa shape index (κ1) is 16.4. The van der Waals surface area contributed by atoms with Crippen molar-refractivity contribution in [2.24, 2.45) is 0 Å². The van der Waals surface area contributed by atoms with Gasteiger partial charge in [0.15, 0.2) is 0 Å². The molecule has 2 N–H and O–H groups in total. The number of anilines is 1. The SMILES string of the molecule is Cc1nc2cnc3ccc(-c4ccc(N)nc4)cc3c2n1-c1ccc(F)cc1. The Balaban J connectivity index is 1.81. The average Bonchev–Trinajstić information content (AvgIpc) is 3.05. The Labute approximate surface area is 160 Å². The van der Waals surface area contributed by atoms with Crippen LogP contribution in [0.4, 0.5) is 10.2 Å². The van der Waals surface area contributed by atoms with E-state index in [1.165, 1.54) is 12.1 Å². The van der Waals surface area contributed by atoms with Crippen LogP contribution in [0.3, 0.4) is 0 Å². The average molecular weight is 369 g/mol. The summed E-state index contributed by atoms with van der Waals surface area (Å²) in [5, 5.41) is 0.969. The van der Waals surface area contributed by atoms with Crippen molar-refractivity contribution in [1.82, 2.24) is 19.5 Å². The van der Waals surface area contributed by atoms with Gasteiger partial charge >= 0.3 is 0 Å². The van der Waals surface area contributed by atoms with Gasteiger partial charge in [-0.15, -0.1) is 0 Å². The number of hydrogen-bond donors (Lipinski definition) is 1. The molecule has 0 atom stereocenters. The fourth-order valence-corrected chi connectivity index (χ4v) is 3.53. The van der Waals surface area contributed by atoms with Crippen molar-refractivity contribution in [2.45, 2.75) is 6.92 Å². The number of imidazole rings is 1. The van der Waals surface area contributed by atoms with Crippen LogP contribution in [0.25, 0.3) is 38.8 Å². The number of hydrogen-bond acceptors (Lipinski definition) is 4. The molecule has 28 heavy (non-hydrogen) atoms. The monoisotopic (exact) mass is 369 g/mol. The van der Waals surface area contributed by atoms with Crippen molar-refractivity contribution in [2.75, 3.05) is 5.73 Å². The van der Waals surface area contributed by atoms with Crippen molar-refractivity contribution in [3.8, 4) is 16.8 Å². The van der Waals surface area contributed by atoms with E-state index in [9.17, 15) is 4.39 Å². The number of benzene rings is 2. The molecule has 0 saturated carbocycles. The van der Waals surface area contributed by atoms with Crippen molar-refractivity contribution >= 4 is 27.8 Å². The van der Waals surface area contributed by atoms with Crippen LogP contribution >= 0.6 is 0 Å². The van der Waals surface area contributed by atoms with Crippen molar-refractivity contribution < 1.29 is 4.39 Å². The molecule has 0 saturated heterocycles. The van der Waals surface area contributed by atoms with E-state index < -0.39 is 0 Å². The second-order valence-corrected chi connectivity index (χ2v) is 6.67. The number of pyridine rings is 2. The van der Waals surface area contributed by atoms with Crippen LogP contribution in [0.5, 0.6) is 0 Å². The molecule has 0 aliphatic heterocycles. The van der Waals surface area contributed by atoms with Crippen LogP contribution in [0.1, 0.15) is 5.82 Å². The Morgan fingerprint density at radius 3 is 2.39 bits per heavy atom. The highest BCUT2D eigenvalue weighted by Gasteiger charge is 2.14. The summed E-state index contributed by atoms with van der Waals surface area (Å²) in [5.74, 6) is 1.03. The summed E-state index contributed by atoms with van der Waals surface area (Å²) in [6, 6.07) is 16.2. The summed E-state index contributed by atoms with van der Waals surface area (Å²) in [7, 11) is 0. The zero-order valence-electron chi connectivity index (χ0n) is 15.1. The molecule has 0 aliphatic rings. The summed E-state index contributed by atoms with van der Waals surface area (Å²) in [6.45, 7) is 1.93. The molecular weight excluding hydrogens is 353 g/mol. The number of aromatic nitrogens is 4. The van der Waals surface area contributed by atoms with Gasteiger partial charge in [0.25, 0.3) is 0 Å². The molecule has 2 aromatic carbocycles. The van der Waals surface area contributed by atoms with Crippen molar-refractivity contribution in [3.63, 3.8) is 0 Å². The van der Waals surface area contributed by atoms with Crippen LogP contribution in [0.2, 0.25) is 0 Å². The molecule has 5 aromatic rings. The number of rotatable bonds is 2. The largest absolute Gasteiger partial charge is 0.384 e. The van der Waals surface area contributed by atoms with Gasteiger partial charge in [-0.25, -0.2) is 14.4 Å². The molecule has 0 bridgehead atoms. The molecule has 0 unspecified atom stereocenters. The van der Waals surface area contributed by atoms with Crippen LogP contribution in [-0.2, 0) is 0 Å². The minimum atomic E-state index is -0.268. The standard InChI is InChI=1S/C22H16FN5/c1-13-27-20-12-25-19-8-2-14(15-3-9-21(24)26-11-15)10-18(19)22(20)28(13)17-6-4-16(23)5-7-17/h2-12H,1H3,(H2,24,26). The van der Waals surface area contributed by atoms with Gasteiger partial charge < -0.3 is 5.73 Å². The zero-order valence-corrected chi connectivity index (χ0v) is 15.1. The van der Waals surface area contributed by atoms with Gasteiger partial charge in [-0.05, 0) is 61.0 Å². The Kier molecular flexibility index (Phi) is 3.58. The zero-order chi connectivity index (χ0) is 19.3.